The van der Waals surface area contributed by atoms with Crippen LogP contribution in [0.15, 0.2) is 72.8 Å². The normalized spacial score (nSPS) is 41.4. The minimum Gasteiger partial charge on any atom is -0.481 e. The van der Waals surface area contributed by atoms with Crippen molar-refractivity contribution in [1.29, 1.82) is 0 Å². The van der Waals surface area contributed by atoms with Gasteiger partial charge in [-0.25, -0.2) is 9.59 Å². The Balaban J connectivity index is 1.30. The third kappa shape index (κ3) is 4.89. The fraction of sp³-hybridized carbons (Fsp3) is 0.614. The van der Waals surface area contributed by atoms with Crippen LogP contribution in [0.2, 0.25) is 0 Å². The molecule has 50 heavy (non-hydrogen) atoms. The van der Waals surface area contributed by atoms with Gasteiger partial charge in [-0.3, -0.25) is 4.79 Å². The van der Waals surface area contributed by atoms with Gasteiger partial charge in [0.1, 0.15) is 12.2 Å². The van der Waals surface area contributed by atoms with Crippen molar-refractivity contribution >= 4 is 17.9 Å². The first-order valence-corrected chi connectivity index (χ1v) is 19.0. The summed E-state index contributed by atoms with van der Waals surface area (Å²) in [5.74, 6) is -0.462. The van der Waals surface area contributed by atoms with Crippen LogP contribution in [0, 0.1) is 56.7 Å². The van der Waals surface area contributed by atoms with Gasteiger partial charge in [-0.2, -0.15) is 0 Å². The number of benzene rings is 2. The van der Waals surface area contributed by atoms with Crippen LogP contribution in [0.4, 0.5) is 0 Å². The van der Waals surface area contributed by atoms with Gasteiger partial charge in [0, 0.05) is 10.8 Å². The van der Waals surface area contributed by atoms with Gasteiger partial charge >= 0.3 is 17.9 Å². The summed E-state index contributed by atoms with van der Waals surface area (Å²) in [7, 11) is 0. The first kappa shape index (κ1) is 35.0. The van der Waals surface area contributed by atoms with Crippen LogP contribution in [-0.4, -0.2) is 35.2 Å². The molecule has 0 radical (unpaired) electrons. The van der Waals surface area contributed by atoms with Crippen LogP contribution in [0.1, 0.15) is 120 Å². The van der Waals surface area contributed by atoms with Crippen LogP contribution in [0.5, 0.6) is 0 Å². The van der Waals surface area contributed by atoms with E-state index >= 15 is 0 Å². The van der Waals surface area contributed by atoms with E-state index in [2.05, 4.69) is 48.1 Å². The van der Waals surface area contributed by atoms with Crippen molar-refractivity contribution in [1.82, 2.24) is 0 Å². The largest absolute Gasteiger partial charge is 0.481 e. The molecule has 0 spiro atoms. The van der Waals surface area contributed by atoms with Crippen molar-refractivity contribution in [3.05, 3.63) is 83.9 Å². The second-order valence-corrected chi connectivity index (χ2v) is 18.1. The van der Waals surface area contributed by atoms with Crippen LogP contribution in [0.25, 0.3) is 0 Å². The predicted octanol–water partition coefficient (Wildman–Crippen LogP) is 9.79. The predicted molar refractivity (Wildman–Crippen MR) is 193 cm³/mol. The van der Waals surface area contributed by atoms with Crippen LogP contribution >= 0.6 is 0 Å². The fourth-order valence-corrected chi connectivity index (χ4v) is 13.3. The Labute approximate surface area is 298 Å². The van der Waals surface area contributed by atoms with Crippen molar-refractivity contribution in [3.8, 4) is 0 Å². The number of aliphatic carboxylic acids is 1. The van der Waals surface area contributed by atoms with Crippen LogP contribution in [-0.2, 0) is 14.3 Å². The van der Waals surface area contributed by atoms with E-state index < -0.39 is 11.4 Å². The molecule has 5 aliphatic carbocycles. The summed E-state index contributed by atoms with van der Waals surface area (Å²) < 4.78 is 13.2. The molecule has 1 N–H and O–H groups in total. The molecule has 0 saturated heterocycles. The maximum absolute atomic E-state index is 14.0. The molecule has 2 aromatic carbocycles. The Morgan fingerprint density at radius 3 is 1.86 bits per heavy atom. The van der Waals surface area contributed by atoms with E-state index in [1.165, 1.54) is 0 Å². The first-order valence-electron chi connectivity index (χ1n) is 19.0. The molecule has 0 heterocycles. The lowest BCUT2D eigenvalue weighted by Gasteiger charge is -2.73. The summed E-state index contributed by atoms with van der Waals surface area (Å²) in [6.07, 6.45) is 6.70. The van der Waals surface area contributed by atoms with Gasteiger partial charge in [-0.05, 0) is 129 Å². The molecular weight excluding hydrogens is 624 g/mol. The molecule has 0 amide bonds. The van der Waals surface area contributed by atoms with Gasteiger partial charge in [-0.15, -0.1) is 0 Å². The Morgan fingerprint density at radius 1 is 0.720 bits per heavy atom. The fourth-order valence-electron chi connectivity index (χ4n) is 13.3. The molecule has 268 valence electrons. The van der Waals surface area contributed by atoms with Crippen molar-refractivity contribution < 1.29 is 29.0 Å². The number of hydrogen-bond acceptors (Lipinski definition) is 5. The number of carboxylic acid groups (broad SMARTS) is 1. The molecule has 5 saturated carbocycles. The zero-order valence-electron chi connectivity index (χ0n) is 30.9. The van der Waals surface area contributed by atoms with Gasteiger partial charge < -0.3 is 14.6 Å². The number of hydrogen-bond donors (Lipinski definition) is 1. The summed E-state index contributed by atoms with van der Waals surface area (Å²) in [5.41, 5.74) is 0.402. The molecule has 6 nitrogen and oxygen atoms in total. The topological polar surface area (TPSA) is 89.9 Å². The average Bonchev–Trinajstić information content (AvgIpc) is 3.50. The van der Waals surface area contributed by atoms with E-state index in [0.717, 1.165) is 44.1 Å². The Kier molecular flexibility index (Phi) is 8.47. The maximum Gasteiger partial charge on any atom is 0.338 e. The SMILES string of the molecule is C=C(C)[C@@H]1CC[C@]2(C(=O)O)CC[C@]3(C)[C@H](CC[C@H]4[C@@]3(C)[C@@H](OC(=O)c3ccccc3)CC3C(C)(C)[C@H](OC(=O)c5ccccc5)CC[C@@]34C)[C@@H]12. The third-order valence-electron chi connectivity index (χ3n) is 16.0. The maximum atomic E-state index is 14.0. The molecule has 5 fully saturated rings. The molecule has 11 atom stereocenters. The number of carbonyl (C=O) groups is 3. The molecular formula is C44H56O6. The van der Waals surface area contributed by atoms with Gasteiger partial charge in [0.05, 0.1) is 16.5 Å². The molecule has 7 rings (SSSR count). The number of carbonyl (C=O) groups excluding carboxylic acids is 2. The quantitative estimate of drug-likeness (QED) is 0.241. The monoisotopic (exact) mass is 680 g/mol. The van der Waals surface area contributed by atoms with Gasteiger partial charge in [0.15, 0.2) is 0 Å². The number of allylic oxidation sites excluding steroid dienone is 1. The van der Waals surface area contributed by atoms with Gasteiger partial charge in [0.2, 0.25) is 0 Å². The summed E-state index contributed by atoms with van der Waals surface area (Å²) in [4.78, 5) is 40.6. The van der Waals surface area contributed by atoms with E-state index in [0.29, 0.717) is 30.4 Å². The molecule has 2 aromatic rings. The lowest BCUT2D eigenvalue weighted by Crippen LogP contribution is -2.71. The molecule has 6 heteroatoms. The summed E-state index contributed by atoms with van der Waals surface area (Å²) in [6, 6.07) is 18.5. The second-order valence-electron chi connectivity index (χ2n) is 18.1. The van der Waals surface area contributed by atoms with Crippen molar-refractivity contribution in [2.24, 2.45) is 56.7 Å². The highest BCUT2D eigenvalue weighted by Gasteiger charge is 2.75. The number of fused-ring (bicyclic) bond motifs is 7. The number of rotatable bonds is 6. The summed E-state index contributed by atoms with van der Waals surface area (Å²) >= 11 is 0. The number of carboxylic acids is 1. The van der Waals surface area contributed by atoms with Crippen LogP contribution < -0.4 is 0 Å². The third-order valence-corrected chi connectivity index (χ3v) is 16.0. The van der Waals surface area contributed by atoms with Crippen molar-refractivity contribution in [2.75, 3.05) is 0 Å². The Bertz CT molecular complexity index is 1670. The standard InChI is InChI=1S/C44H56O6/c1-27(2)30-20-23-44(39(47)48)25-24-42(6)31(36(30)44)18-19-32-41(5)22-21-34(49-37(45)28-14-10-8-11-15-28)40(3,4)33(41)26-35(43(32,42)7)50-38(46)29-16-12-9-13-17-29/h8-17,30-36H,1,18-26H2,2-7H3,(H,47,48)/t30-,31+,32+,33?,34+,35-,36+,41+,42+,43-,44-/m0/s1. The zero-order valence-corrected chi connectivity index (χ0v) is 30.9. The minimum absolute atomic E-state index is 0.0228. The Hall–Kier alpha value is -3.41. The van der Waals surface area contributed by atoms with Crippen molar-refractivity contribution in [3.63, 3.8) is 0 Å². The lowest BCUT2D eigenvalue weighted by molar-refractivity contribution is -0.282. The lowest BCUT2D eigenvalue weighted by atomic mass is 9.31. The highest BCUT2D eigenvalue weighted by atomic mass is 16.5. The van der Waals surface area contributed by atoms with E-state index in [9.17, 15) is 19.5 Å². The Morgan fingerprint density at radius 2 is 1.30 bits per heavy atom. The van der Waals surface area contributed by atoms with E-state index in [4.69, 9.17) is 9.47 Å². The number of ether oxygens (including phenoxy) is 2. The molecule has 0 bridgehead atoms. The van der Waals surface area contributed by atoms with Crippen LogP contribution in [0.3, 0.4) is 0 Å². The average molecular weight is 681 g/mol. The molecule has 1 unspecified atom stereocenters. The van der Waals surface area contributed by atoms with Gasteiger partial charge in [-0.1, -0.05) is 83.2 Å². The minimum atomic E-state index is -0.725. The van der Waals surface area contributed by atoms with E-state index in [1.807, 2.05) is 48.5 Å². The van der Waals surface area contributed by atoms with E-state index in [1.54, 1.807) is 12.1 Å². The molecule has 5 aliphatic rings. The summed E-state index contributed by atoms with van der Waals surface area (Å²) in [6.45, 7) is 18.3. The summed E-state index contributed by atoms with van der Waals surface area (Å²) in [5, 5.41) is 10.8. The highest BCUT2D eigenvalue weighted by molar-refractivity contribution is 5.90. The van der Waals surface area contributed by atoms with Gasteiger partial charge in [0.25, 0.3) is 0 Å². The highest BCUT2D eigenvalue weighted by Crippen LogP contribution is 2.78. The smallest absolute Gasteiger partial charge is 0.338 e. The number of esters is 2. The van der Waals surface area contributed by atoms with E-state index in [-0.39, 0.29) is 75.4 Å². The molecule has 0 aromatic heterocycles. The first-order chi connectivity index (χ1) is 23.6. The second kappa shape index (κ2) is 12.1. The van der Waals surface area contributed by atoms with Crippen molar-refractivity contribution in [2.45, 2.75) is 112 Å². The zero-order chi connectivity index (χ0) is 35.9. The molecule has 0 aliphatic heterocycles.